The maximum atomic E-state index is 11.7. The van der Waals surface area contributed by atoms with E-state index in [1.807, 2.05) is 0 Å². The Labute approximate surface area is 145 Å². The van der Waals surface area contributed by atoms with Gasteiger partial charge in [0.2, 0.25) is 0 Å². The molecule has 8 nitrogen and oxygen atoms in total. The molecule has 2 rings (SSSR count). The number of epoxide rings is 1. The van der Waals surface area contributed by atoms with Crippen molar-refractivity contribution in [2.75, 3.05) is 13.2 Å². The van der Waals surface area contributed by atoms with Crippen molar-refractivity contribution in [1.29, 1.82) is 0 Å². The molecule has 25 heavy (non-hydrogen) atoms. The highest BCUT2D eigenvalue weighted by Crippen LogP contribution is 2.39. The van der Waals surface area contributed by atoms with Gasteiger partial charge in [-0.3, -0.25) is 4.79 Å². The van der Waals surface area contributed by atoms with Crippen LogP contribution in [0.4, 0.5) is 0 Å². The standard InChI is InChI=1S/C17H22O8/c18-4-3-12(7-19)13(8-20)6-16(21)24-10-17(22)23-9-11-1-2-14-15(5-11)25-14/h4,7-8,11-15H,1-3,5-6,9-10H2. The maximum absolute atomic E-state index is 11.7. The van der Waals surface area contributed by atoms with Crippen LogP contribution in [0.2, 0.25) is 0 Å². The van der Waals surface area contributed by atoms with Crippen LogP contribution in [0.25, 0.3) is 0 Å². The van der Waals surface area contributed by atoms with Gasteiger partial charge in [0.15, 0.2) is 6.61 Å². The van der Waals surface area contributed by atoms with Crippen LogP contribution in [0.15, 0.2) is 0 Å². The topological polar surface area (TPSA) is 116 Å². The van der Waals surface area contributed by atoms with Crippen molar-refractivity contribution >= 4 is 30.8 Å². The van der Waals surface area contributed by atoms with Crippen LogP contribution in [-0.2, 0) is 38.2 Å². The van der Waals surface area contributed by atoms with Gasteiger partial charge >= 0.3 is 11.9 Å². The third-order valence-electron chi connectivity index (χ3n) is 4.61. The first-order valence-electron chi connectivity index (χ1n) is 8.38. The molecule has 5 unspecified atom stereocenters. The Morgan fingerprint density at radius 1 is 1.00 bits per heavy atom. The fraction of sp³-hybridized carbons (Fsp3) is 0.706. The van der Waals surface area contributed by atoms with Gasteiger partial charge in [-0.15, -0.1) is 0 Å². The number of carbonyl (C=O) groups excluding carboxylic acids is 5. The molecule has 8 heteroatoms. The van der Waals surface area contributed by atoms with Crippen molar-refractivity contribution in [3.8, 4) is 0 Å². The maximum Gasteiger partial charge on any atom is 0.344 e. The lowest BCUT2D eigenvalue weighted by molar-refractivity contribution is -0.160. The summed E-state index contributed by atoms with van der Waals surface area (Å²) < 4.78 is 15.3. The molecule has 0 spiro atoms. The van der Waals surface area contributed by atoms with Gasteiger partial charge in [-0.2, -0.15) is 0 Å². The zero-order chi connectivity index (χ0) is 18.2. The Hall–Kier alpha value is -2.09. The molecule has 2 aliphatic rings. The number of esters is 2. The number of rotatable bonds is 11. The van der Waals surface area contributed by atoms with Gasteiger partial charge in [0.25, 0.3) is 0 Å². The van der Waals surface area contributed by atoms with Gasteiger partial charge in [0, 0.05) is 18.3 Å². The van der Waals surface area contributed by atoms with Crippen LogP contribution in [0.1, 0.15) is 32.1 Å². The highest BCUT2D eigenvalue weighted by molar-refractivity contribution is 5.79. The molecule has 138 valence electrons. The lowest BCUT2D eigenvalue weighted by Crippen LogP contribution is -2.25. The van der Waals surface area contributed by atoms with Crippen molar-refractivity contribution in [1.82, 2.24) is 0 Å². The number of ether oxygens (including phenoxy) is 3. The van der Waals surface area contributed by atoms with Crippen LogP contribution in [0.5, 0.6) is 0 Å². The third kappa shape index (κ3) is 6.04. The lowest BCUT2D eigenvalue weighted by atomic mass is 9.90. The zero-order valence-corrected chi connectivity index (χ0v) is 13.8. The minimum atomic E-state index is -0.944. The van der Waals surface area contributed by atoms with E-state index in [2.05, 4.69) is 0 Å². The normalized spacial score (nSPS) is 26.5. The van der Waals surface area contributed by atoms with Gasteiger partial charge < -0.3 is 28.6 Å². The van der Waals surface area contributed by atoms with Gasteiger partial charge in [0.05, 0.1) is 25.2 Å². The molecule has 0 radical (unpaired) electrons. The van der Waals surface area contributed by atoms with Gasteiger partial charge in [-0.25, -0.2) is 4.79 Å². The van der Waals surface area contributed by atoms with E-state index in [4.69, 9.17) is 14.2 Å². The summed E-state index contributed by atoms with van der Waals surface area (Å²) in [5, 5.41) is 0. The molecule has 5 atom stereocenters. The Bertz CT molecular complexity index is 517. The fourth-order valence-corrected chi connectivity index (χ4v) is 3.02. The fourth-order valence-electron chi connectivity index (χ4n) is 3.02. The van der Waals surface area contributed by atoms with Gasteiger partial charge in [0.1, 0.15) is 18.9 Å². The summed E-state index contributed by atoms with van der Waals surface area (Å²) in [6, 6.07) is 0. The minimum Gasteiger partial charge on any atom is -0.463 e. The average Bonchev–Trinajstić information content (AvgIpc) is 3.39. The Morgan fingerprint density at radius 3 is 2.40 bits per heavy atom. The predicted molar refractivity (Wildman–Crippen MR) is 82.3 cm³/mol. The number of fused-ring (bicyclic) bond motifs is 1. The second-order valence-electron chi connectivity index (χ2n) is 6.44. The molecule has 1 saturated carbocycles. The van der Waals surface area contributed by atoms with Crippen molar-refractivity contribution in [3.63, 3.8) is 0 Å². The van der Waals surface area contributed by atoms with Crippen LogP contribution >= 0.6 is 0 Å². The van der Waals surface area contributed by atoms with E-state index in [1.54, 1.807) is 0 Å². The predicted octanol–water partition coefficient (Wildman–Crippen LogP) is 0.250. The highest BCUT2D eigenvalue weighted by atomic mass is 16.6. The third-order valence-corrected chi connectivity index (χ3v) is 4.61. The summed E-state index contributed by atoms with van der Waals surface area (Å²) in [5.41, 5.74) is 0. The number of aldehydes is 3. The smallest absolute Gasteiger partial charge is 0.344 e. The molecule has 1 aliphatic heterocycles. The Kier molecular flexibility index (Phi) is 7.24. The van der Waals surface area contributed by atoms with Crippen LogP contribution < -0.4 is 0 Å². The van der Waals surface area contributed by atoms with E-state index < -0.39 is 30.4 Å². The molecule has 0 aromatic rings. The molecule has 1 aliphatic carbocycles. The molecule has 0 N–H and O–H groups in total. The van der Waals surface area contributed by atoms with E-state index in [-0.39, 0.29) is 25.4 Å². The molecule has 0 amide bonds. The van der Waals surface area contributed by atoms with Crippen LogP contribution in [0, 0.1) is 17.8 Å². The summed E-state index contributed by atoms with van der Waals surface area (Å²) in [5.74, 6) is -3.00. The summed E-state index contributed by atoms with van der Waals surface area (Å²) in [7, 11) is 0. The zero-order valence-electron chi connectivity index (χ0n) is 13.8. The first-order valence-corrected chi connectivity index (χ1v) is 8.38. The van der Waals surface area contributed by atoms with Crippen molar-refractivity contribution in [2.24, 2.45) is 17.8 Å². The van der Waals surface area contributed by atoms with E-state index >= 15 is 0 Å². The lowest BCUT2D eigenvalue weighted by Gasteiger charge is -2.18. The molecular formula is C17H22O8. The van der Waals surface area contributed by atoms with Crippen LogP contribution in [-0.4, -0.2) is 56.2 Å². The summed E-state index contributed by atoms with van der Waals surface area (Å²) in [6.07, 6.45) is 4.40. The quantitative estimate of drug-likeness (QED) is 0.294. The molecule has 0 aromatic heterocycles. The van der Waals surface area contributed by atoms with E-state index in [9.17, 15) is 24.0 Å². The first kappa shape index (κ1) is 19.2. The molecular weight excluding hydrogens is 332 g/mol. The highest BCUT2D eigenvalue weighted by Gasteiger charge is 2.44. The van der Waals surface area contributed by atoms with Gasteiger partial charge in [-0.1, -0.05) is 0 Å². The number of carbonyl (C=O) groups is 5. The van der Waals surface area contributed by atoms with Crippen molar-refractivity contribution in [2.45, 2.75) is 44.3 Å². The summed E-state index contributed by atoms with van der Waals surface area (Å²) in [4.78, 5) is 55.6. The monoisotopic (exact) mass is 354 g/mol. The summed E-state index contributed by atoms with van der Waals surface area (Å²) >= 11 is 0. The van der Waals surface area contributed by atoms with E-state index in [1.165, 1.54) is 0 Å². The molecule has 0 aromatic carbocycles. The van der Waals surface area contributed by atoms with Crippen molar-refractivity contribution in [3.05, 3.63) is 0 Å². The largest absolute Gasteiger partial charge is 0.463 e. The SMILES string of the molecule is O=CCC(C=O)C(C=O)CC(=O)OCC(=O)OCC1CCC2OC2C1. The summed E-state index contributed by atoms with van der Waals surface area (Å²) in [6.45, 7) is -0.272. The Balaban J connectivity index is 1.63. The minimum absolute atomic E-state index is 0.144. The number of hydrogen-bond acceptors (Lipinski definition) is 8. The molecule has 1 heterocycles. The molecule has 1 saturated heterocycles. The molecule has 2 fully saturated rings. The Morgan fingerprint density at radius 2 is 1.76 bits per heavy atom. The molecule has 0 bridgehead atoms. The van der Waals surface area contributed by atoms with E-state index in [0.717, 1.165) is 19.3 Å². The first-order chi connectivity index (χ1) is 12.1. The second kappa shape index (κ2) is 9.41. The average molecular weight is 354 g/mol. The van der Waals surface area contributed by atoms with Gasteiger partial charge in [-0.05, 0) is 25.2 Å². The van der Waals surface area contributed by atoms with E-state index in [0.29, 0.717) is 31.1 Å². The number of hydrogen-bond donors (Lipinski definition) is 0. The van der Waals surface area contributed by atoms with Crippen LogP contribution in [0.3, 0.4) is 0 Å². The second-order valence-corrected chi connectivity index (χ2v) is 6.44. The van der Waals surface area contributed by atoms with Crippen molar-refractivity contribution < 1.29 is 38.2 Å².